The maximum absolute atomic E-state index is 5.63. The molecular formula is C10H17N3O2S. The minimum atomic E-state index is 0.303. The van der Waals surface area contributed by atoms with Crippen molar-refractivity contribution in [3.05, 3.63) is 11.3 Å². The summed E-state index contributed by atoms with van der Waals surface area (Å²) in [6, 6.07) is 0. The summed E-state index contributed by atoms with van der Waals surface area (Å²) in [6.07, 6.45) is 0. The van der Waals surface area contributed by atoms with E-state index in [2.05, 4.69) is 5.10 Å². The number of nitrogens with two attached hydrogens (primary N) is 1. The van der Waals surface area contributed by atoms with Crippen molar-refractivity contribution in [2.75, 3.05) is 19.8 Å². The monoisotopic (exact) mass is 243 g/mol. The average Bonchev–Trinajstić information content (AvgIpc) is 2.48. The lowest BCUT2D eigenvalue weighted by atomic mass is 10.2. The first kappa shape index (κ1) is 12.9. The van der Waals surface area contributed by atoms with Gasteiger partial charge in [-0.1, -0.05) is 12.2 Å². The van der Waals surface area contributed by atoms with E-state index in [9.17, 15) is 0 Å². The van der Waals surface area contributed by atoms with E-state index in [4.69, 9.17) is 27.4 Å². The molecule has 1 rings (SSSR count). The number of hydrogen-bond donors (Lipinski definition) is 1. The van der Waals surface area contributed by atoms with E-state index in [-0.39, 0.29) is 0 Å². The zero-order valence-corrected chi connectivity index (χ0v) is 10.6. The summed E-state index contributed by atoms with van der Waals surface area (Å²) >= 11 is 4.97. The first-order valence-electron chi connectivity index (χ1n) is 5.11. The molecule has 0 unspecified atom stereocenters. The first-order valence-corrected chi connectivity index (χ1v) is 5.52. The molecule has 0 aliphatic heterocycles. The fourth-order valence-electron chi connectivity index (χ4n) is 1.43. The fourth-order valence-corrected chi connectivity index (χ4v) is 1.66. The molecule has 0 fully saturated rings. The Balaban J connectivity index is 2.74. The lowest BCUT2D eigenvalue weighted by Gasteiger charge is -2.08. The summed E-state index contributed by atoms with van der Waals surface area (Å²) in [5, 5.41) is 4.21. The van der Waals surface area contributed by atoms with E-state index >= 15 is 0 Å². The Bertz CT molecular complexity index is 376. The minimum Gasteiger partial charge on any atom is -0.475 e. The highest BCUT2D eigenvalue weighted by molar-refractivity contribution is 7.80. The molecule has 6 heteroatoms. The molecule has 0 bridgehead atoms. The van der Waals surface area contributed by atoms with Crippen LogP contribution in [0.5, 0.6) is 5.88 Å². The predicted octanol–water partition coefficient (Wildman–Crippen LogP) is 0.778. The molecule has 90 valence electrons. The highest BCUT2D eigenvalue weighted by atomic mass is 32.1. The van der Waals surface area contributed by atoms with Crippen molar-refractivity contribution < 1.29 is 9.47 Å². The van der Waals surface area contributed by atoms with Gasteiger partial charge < -0.3 is 15.2 Å². The summed E-state index contributed by atoms with van der Waals surface area (Å²) < 4.78 is 12.4. The van der Waals surface area contributed by atoms with Gasteiger partial charge >= 0.3 is 0 Å². The third-order valence-corrected chi connectivity index (χ3v) is 2.29. The normalized spacial score (nSPS) is 10.4. The van der Waals surface area contributed by atoms with E-state index in [1.54, 1.807) is 11.7 Å². The lowest BCUT2D eigenvalue weighted by Crippen LogP contribution is -2.14. The van der Waals surface area contributed by atoms with Crippen LogP contribution in [0.3, 0.4) is 0 Å². The number of aryl methyl sites for hydroxylation is 2. The second-order valence-electron chi connectivity index (χ2n) is 3.30. The summed E-state index contributed by atoms with van der Waals surface area (Å²) in [4.78, 5) is 0.303. The average molecular weight is 243 g/mol. The molecule has 5 nitrogen and oxygen atoms in total. The Hall–Kier alpha value is -1.14. The highest BCUT2D eigenvalue weighted by Gasteiger charge is 2.16. The van der Waals surface area contributed by atoms with Gasteiger partial charge in [-0.2, -0.15) is 5.10 Å². The lowest BCUT2D eigenvalue weighted by molar-refractivity contribution is 0.106. The molecule has 0 radical (unpaired) electrons. The third kappa shape index (κ3) is 2.93. The molecule has 0 atom stereocenters. The van der Waals surface area contributed by atoms with E-state index in [0.717, 1.165) is 5.69 Å². The van der Waals surface area contributed by atoms with Crippen molar-refractivity contribution in [2.24, 2.45) is 12.8 Å². The van der Waals surface area contributed by atoms with Gasteiger partial charge in [-0.05, 0) is 13.8 Å². The van der Waals surface area contributed by atoms with Crippen LogP contribution in [-0.2, 0) is 11.8 Å². The van der Waals surface area contributed by atoms with Gasteiger partial charge in [0.05, 0.1) is 17.9 Å². The Morgan fingerprint density at radius 1 is 1.50 bits per heavy atom. The van der Waals surface area contributed by atoms with Crippen molar-refractivity contribution in [3.63, 3.8) is 0 Å². The maximum atomic E-state index is 5.63. The molecule has 0 aliphatic carbocycles. The van der Waals surface area contributed by atoms with Crippen molar-refractivity contribution in [3.8, 4) is 5.88 Å². The van der Waals surface area contributed by atoms with Crippen molar-refractivity contribution >= 4 is 17.2 Å². The SMILES string of the molecule is CCOCCOc1c(C(N)=S)c(C)nn1C. The van der Waals surface area contributed by atoms with Crippen LogP contribution in [-0.4, -0.2) is 34.6 Å². The Morgan fingerprint density at radius 3 is 2.75 bits per heavy atom. The molecule has 0 aromatic carbocycles. The predicted molar refractivity (Wildman–Crippen MR) is 65.8 cm³/mol. The minimum absolute atomic E-state index is 0.303. The van der Waals surface area contributed by atoms with Crippen LogP contribution in [0, 0.1) is 6.92 Å². The number of ether oxygens (including phenoxy) is 2. The second kappa shape index (κ2) is 5.81. The maximum Gasteiger partial charge on any atom is 0.222 e. The summed E-state index contributed by atoms with van der Waals surface area (Å²) in [5.41, 5.74) is 7.11. The Labute approximate surface area is 101 Å². The topological polar surface area (TPSA) is 62.3 Å². The largest absolute Gasteiger partial charge is 0.475 e. The molecule has 0 saturated heterocycles. The number of thiocarbonyl (C=S) groups is 1. The van der Waals surface area contributed by atoms with Crippen molar-refractivity contribution in [1.82, 2.24) is 9.78 Å². The van der Waals surface area contributed by atoms with Gasteiger partial charge in [-0.25, -0.2) is 4.68 Å². The van der Waals surface area contributed by atoms with Crippen LogP contribution >= 0.6 is 12.2 Å². The standard InChI is InChI=1S/C10H17N3O2S/c1-4-14-5-6-15-10-8(9(11)16)7(2)12-13(10)3/h4-6H2,1-3H3,(H2,11,16). The molecule has 16 heavy (non-hydrogen) atoms. The van der Waals surface area contributed by atoms with Gasteiger partial charge in [-0.15, -0.1) is 0 Å². The van der Waals surface area contributed by atoms with E-state index in [1.165, 1.54) is 0 Å². The van der Waals surface area contributed by atoms with Gasteiger partial charge in [-0.3, -0.25) is 0 Å². The van der Waals surface area contributed by atoms with E-state index in [1.807, 2.05) is 13.8 Å². The van der Waals surface area contributed by atoms with Crippen molar-refractivity contribution in [1.29, 1.82) is 0 Å². The number of hydrogen-bond acceptors (Lipinski definition) is 4. The van der Waals surface area contributed by atoms with Crippen LogP contribution in [0.4, 0.5) is 0 Å². The van der Waals surface area contributed by atoms with Gasteiger partial charge in [0.25, 0.3) is 0 Å². The molecular weight excluding hydrogens is 226 g/mol. The summed E-state index contributed by atoms with van der Waals surface area (Å²) in [7, 11) is 1.80. The number of nitrogens with zero attached hydrogens (tertiary/aromatic N) is 2. The molecule has 2 N–H and O–H groups in total. The van der Waals surface area contributed by atoms with Crippen LogP contribution in [0.1, 0.15) is 18.2 Å². The molecule has 1 heterocycles. The van der Waals surface area contributed by atoms with Gasteiger partial charge in [0.1, 0.15) is 11.6 Å². The highest BCUT2D eigenvalue weighted by Crippen LogP contribution is 2.20. The third-order valence-electron chi connectivity index (χ3n) is 2.09. The Morgan fingerprint density at radius 2 is 2.19 bits per heavy atom. The van der Waals surface area contributed by atoms with Crippen LogP contribution in [0.2, 0.25) is 0 Å². The quantitative estimate of drug-likeness (QED) is 0.591. The van der Waals surface area contributed by atoms with Crippen molar-refractivity contribution in [2.45, 2.75) is 13.8 Å². The zero-order valence-electron chi connectivity index (χ0n) is 9.82. The van der Waals surface area contributed by atoms with Gasteiger partial charge in [0, 0.05) is 13.7 Å². The molecule has 0 saturated carbocycles. The number of rotatable bonds is 6. The van der Waals surface area contributed by atoms with E-state index in [0.29, 0.717) is 36.3 Å². The fraction of sp³-hybridized carbons (Fsp3) is 0.600. The van der Waals surface area contributed by atoms with Gasteiger partial charge in [0.2, 0.25) is 5.88 Å². The zero-order chi connectivity index (χ0) is 12.1. The summed E-state index contributed by atoms with van der Waals surface area (Å²) in [5.74, 6) is 0.602. The molecule has 1 aromatic heterocycles. The molecule has 0 aliphatic rings. The van der Waals surface area contributed by atoms with Crippen LogP contribution in [0.15, 0.2) is 0 Å². The molecule has 0 spiro atoms. The van der Waals surface area contributed by atoms with Crippen LogP contribution < -0.4 is 10.5 Å². The Kier molecular flexibility index (Phi) is 4.70. The van der Waals surface area contributed by atoms with Crippen LogP contribution in [0.25, 0.3) is 0 Å². The molecule has 0 amide bonds. The molecule has 1 aromatic rings. The van der Waals surface area contributed by atoms with Gasteiger partial charge in [0.15, 0.2) is 0 Å². The van der Waals surface area contributed by atoms with E-state index < -0.39 is 0 Å². The number of aromatic nitrogens is 2. The first-order chi connectivity index (χ1) is 7.57. The smallest absolute Gasteiger partial charge is 0.222 e. The second-order valence-corrected chi connectivity index (χ2v) is 3.74. The summed E-state index contributed by atoms with van der Waals surface area (Å²) in [6.45, 7) is 5.47.